The minimum absolute atomic E-state index is 0.00802. The lowest BCUT2D eigenvalue weighted by atomic mass is 9.85. The van der Waals surface area contributed by atoms with Gasteiger partial charge in [-0.3, -0.25) is 0 Å². The summed E-state index contributed by atoms with van der Waals surface area (Å²) in [6.45, 7) is 27.4. The minimum Gasteiger partial charge on any atom is -0.325 e. The molecule has 4 aliphatic heterocycles. The molecule has 2 aromatic heterocycles. The molecule has 6 heterocycles. The Hall–Kier alpha value is -6.76. The van der Waals surface area contributed by atoms with E-state index < -0.39 is 7.02 Å². The number of aromatic nitrogens is 2. The van der Waals surface area contributed by atoms with Crippen LogP contribution in [-0.4, -0.2) is 26.9 Å². The fourth-order valence-corrected chi connectivity index (χ4v) is 16.5. The Morgan fingerprint density at radius 1 is 0.333 bits per heavy atom. The highest BCUT2D eigenvalue weighted by molar-refractivity contribution is 7.43. The topological polar surface area (TPSA) is 34.6 Å². The molecule has 0 aliphatic carbocycles. The molecule has 0 amide bonds. The fraction of sp³-hybridized carbons (Fsp3) is 0.235. The Morgan fingerprint density at radius 2 is 0.640 bits per heavy atom. The van der Waals surface area contributed by atoms with Crippen molar-refractivity contribution in [1.29, 1.82) is 0 Å². The summed E-state index contributed by atoms with van der Waals surface area (Å²) in [6.07, 6.45) is 9.09. The summed E-state index contributed by atoms with van der Waals surface area (Å²) < 4.78 is 4.61. The zero-order valence-corrected chi connectivity index (χ0v) is 47.4. The van der Waals surface area contributed by atoms with E-state index in [2.05, 4.69) is 237 Å². The van der Waals surface area contributed by atoms with E-state index in [1.165, 1.54) is 54.6 Å². The van der Waals surface area contributed by atoms with Gasteiger partial charge in [0.1, 0.15) is 0 Å². The quantitative estimate of drug-likeness (QED) is 0.107. The third-order valence-electron chi connectivity index (χ3n) is 16.7. The number of hydrogen-bond donors (Lipinski definition) is 0. The Labute approximate surface area is 449 Å². The molecule has 0 N–H and O–H groups in total. The van der Waals surface area contributed by atoms with Crippen molar-refractivity contribution in [1.82, 2.24) is 8.47 Å². The van der Waals surface area contributed by atoms with E-state index in [1.807, 2.05) is 0 Å². The van der Waals surface area contributed by atoms with Crippen molar-refractivity contribution in [2.45, 2.75) is 105 Å². The second-order valence-electron chi connectivity index (χ2n) is 25.9. The zero-order valence-electron chi connectivity index (χ0n) is 44.9. The van der Waals surface area contributed by atoms with Crippen molar-refractivity contribution in [3.05, 3.63) is 188 Å². The molecular formula is C68H60Cl2N4Si. The number of fused-ring (bicyclic) bond motifs is 18. The molecule has 0 saturated heterocycles. The molecule has 0 unspecified atom stereocenters. The first-order chi connectivity index (χ1) is 35.4. The smallest absolute Gasteiger partial charge is 0.325 e. The highest BCUT2D eigenvalue weighted by Gasteiger charge is 2.43. The van der Waals surface area contributed by atoms with Gasteiger partial charge in [0, 0.05) is 65.9 Å². The largest absolute Gasteiger partial charge is 0.479 e. The van der Waals surface area contributed by atoms with Gasteiger partial charge < -0.3 is 8.47 Å². The summed E-state index contributed by atoms with van der Waals surface area (Å²) >= 11 is 17.3. The molecule has 0 saturated carbocycles. The standard InChI is InChI=1S/C68H60Cl2N4Si/c1-65(2,3)45-17-13-37-25-49-51(29-41(37)21-45)59-35-61-53-27-39-15-19-47(67(7,8)9)23-43(39)31-55(53)64-34-58-50-26-38-14-18-46(66(4,5)6)22-42(38)30-52(50)60(72-58)36-62-54-28-40-16-20-48(68(10,11)12)24-44(40)32-56(54)63(33-57(49)71-59)74(62)75(69,70)73(61)64/h13-36H,1-12H3. The Kier molecular flexibility index (Phi) is 9.48. The van der Waals surface area contributed by atoms with Gasteiger partial charge in [-0.05, 0) is 160 Å². The van der Waals surface area contributed by atoms with E-state index in [4.69, 9.17) is 32.1 Å². The first-order valence-corrected chi connectivity index (χ1v) is 30.4. The van der Waals surface area contributed by atoms with Crippen LogP contribution in [0.2, 0.25) is 0 Å². The van der Waals surface area contributed by atoms with Crippen LogP contribution in [-0.2, 0) is 21.7 Å². The van der Waals surface area contributed by atoms with Crippen molar-refractivity contribution in [3.63, 3.8) is 0 Å². The molecule has 370 valence electrons. The van der Waals surface area contributed by atoms with Crippen LogP contribution in [0.15, 0.2) is 131 Å². The molecule has 0 spiro atoms. The van der Waals surface area contributed by atoms with Crippen LogP contribution in [0.1, 0.15) is 139 Å². The molecule has 0 fully saturated rings. The van der Waals surface area contributed by atoms with Crippen LogP contribution in [0.4, 0.5) is 0 Å². The van der Waals surface area contributed by atoms with Crippen molar-refractivity contribution in [2.24, 2.45) is 9.98 Å². The van der Waals surface area contributed by atoms with E-state index in [-0.39, 0.29) is 21.7 Å². The van der Waals surface area contributed by atoms with Gasteiger partial charge in [-0.2, -0.15) is 0 Å². The molecule has 0 radical (unpaired) electrons. The third kappa shape index (κ3) is 7.07. The number of benzene rings is 8. The lowest BCUT2D eigenvalue weighted by Crippen LogP contribution is -2.52. The molecule has 4 aliphatic rings. The predicted molar refractivity (Wildman–Crippen MR) is 327 cm³/mol. The Bertz CT molecular complexity index is 4580. The zero-order chi connectivity index (χ0) is 52.2. The number of aliphatic imine (C=N–C) groups is 2. The molecule has 10 aromatic rings. The van der Waals surface area contributed by atoms with Crippen LogP contribution in [0.3, 0.4) is 0 Å². The first kappa shape index (κ1) is 46.7. The molecular weight excluding hydrogens is 972 g/mol. The molecule has 0 atom stereocenters. The molecule has 7 heteroatoms. The Morgan fingerprint density at radius 3 is 1.04 bits per heavy atom. The summed E-state index contributed by atoms with van der Waals surface area (Å²) in [7, 11) is -3.99. The van der Waals surface area contributed by atoms with Gasteiger partial charge >= 0.3 is 7.02 Å². The van der Waals surface area contributed by atoms with Gasteiger partial charge in [0.05, 0.1) is 22.8 Å². The minimum atomic E-state index is -3.99. The maximum Gasteiger partial charge on any atom is 0.479 e. The average molecular weight is 1030 g/mol. The van der Waals surface area contributed by atoms with Gasteiger partial charge in [-0.15, -0.1) is 0 Å². The molecule has 8 aromatic carbocycles. The first-order valence-electron chi connectivity index (χ1n) is 26.5. The van der Waals surface area contributed by atoms with Crippen LogP contribution < -0.4 is 10.7 Å². The van der Waals surface area contributed by atoms with Crippen LogP contribution in [0, 0.1) is 0 Å². The fourth-order valence-electron chi connectivity index (χ4n) is 12.2. The van der Waals surface area contributed by atoms with Crippen LogP contribution >= 0.6 is 22.2 Å². The second-order valence-corrected chi connectivity index (χ2v) is 31.6. The van der Waals surface area contributed by atoms with Gasteiger partial charge in [0.15, 0.2) is 0 Å². The third-order valence-corrected chi connectivity index (χ3v) is 20.7. The summed E-state index contributed by atoms with van der Waals surface area (Å²) in [6, 6.07) is 46.5. The van der Waals surface area contributed by atoms with E-state index in [1.54, 1.807) is 0 Å². The molecule has 75 heavy (non-hydrogen) atoms. The molecule has 4 nitrogen and oxygen atoms in total. The highest BCUT2D eigenvalue weighted by atomic mass is 35.7. The van der Waals surface area contributed by atoms with Gasteiger partial charge in [0.25, 0.3) is 0 Å². The Balaban J connectivity index is 1.19. The van der Waals surface area contributed by atoms with Gasteiger partial charge in [-0.1, -0.05) is 178 Å². The summed E-state index contributed by atoms with van der Waals surface area (Å²) in [5.41, 5.74) is 14.8. The van der Waals surface area contributed by atoms with E-state index in [0.29, 0.717) is 0 Å². The second kappa shape index (κ2) is 15.2. The number of halogens is 2. The predicted octanol–water partition coefficient (Wildman–Crippen LogP) is 16.9. The van der Waals surface area contributed by atoms with Crippen molar-refractivity contribution >= 4 is 141 Å². The van der Waals surface area contributed by atoms with E-state index >= 15 is 0 Å². The monoisotopic (exact) mass is 1030 g/mol. The lowest BCUT2D eigenvalue weighted by Gasteiger charge is -2.26. The van der Waals surface area contributed by atoms with Crippen molar-refractivity contribution in [2.75, 3.05) is 0 Å². The van der Waals surface area contributed by atoms with Crippen molar-refractivity contribution in [3.8, 4) is 0 Å². The highest BCUT2D eigenvalue weighted by Crippen LogP contribution is 2.45. The summed E-state index contributed by atoms with van der Waals surface area (Å²) in [5, 5.41) is 15.5. The maximum absolute atomic E-state index is 8.66. The molecule has 6 bridgehead atoms. The number of rotatable bonds is 0. The summed E-state index contributed by atoms with van der Waals surface area (Å²) in [4.78, 5) is 11.4. The number of hydrogen-bond acceptors (Lipinski definition) is 2. The van der Waals surface area contributed by atoms with E-state index in [0.717, 1.165) is 99.5 Å². The van der Waals surface area contributed by atoms with Crippen molar-refractivity contribution < 1.29 is 0 Å². The average Bonchev–Trinajstić information content (AvgIpc) is 4.05. The normalized spacial score (nSPS) is 16.0. The van der Waals surface area contributed by atoms with Crippen LogP contribution in [0.25, 0.3) is 100 Å². The summed E-state index contributed by atoms with van der Waals surface area (Å²) in [5.74, 6) is 0. The number of nitrogens with zero attached hydrogens (tertiary/aromatic N) is 4. The van der Waals surface area contributed by atoms with E-state index in [9.17, 15) is 0 Å². The molecule has 14 rings (SSSR count). The van der Waals surface area contributed by atoms with Gasteiger partial charge in [0.2, 0.25) is 0 Å². The SMILES string of the molecule is CC(C)(C)c1ccc2cc3c(cc2c1)C1=Cc2c4cc5ccc(C(C)(C)C)cc5cc4c4n2[Si](Cl)(Cl)n2c(c5cc6ccc(C(C)(C)C)cc6cc5c2=CC3=N1)=CC1=NC(=C4)c2cc3ccc(C(C)(C)C)cc3cc21. The van der Waals surface area contributed by atoms with Gasteiger partial charge in [-0.25, -0.2) is 9.98 Å². The maximum atomic E-state index is 8.66. The lowest BCUT2D eigenvalue weighted by molar-refractivity contribution is 0.591. The van der Waals surface area contributed by atoms with Crippen LogP contribution in [0.5, 0.6) is 0 Å².